The Labute approximate surface area is 121 Å². The summed E-state index contributed by atoms with van der Waals surface area (Å²) in [5.74, 6) is -0.0229. The molecule has 5 heteroatoms. The Hall–Kier alpha value is -1.71. The number of halogens is 2. The van der Waals surface area contributed by atoms with E-state index in [9.17, 15) is 4.79 Å². The van der Waals surface area contributed by atoms with Crippen molar-refractivity contribution in [3.05, 3.63) is 52.0 Å². The van der Waals surface area contributed by atoms with Crippen molar-refractivity contribution in [1.29, 1.82) is 0 Å². The van der Waals surface area contributed by atoms with Crippen molar-refractivity contribution < 1.29 is 4.79 Å². The molecule has 0 amide bonds. The molecule has 0 unspecified atom stereocenters. The summed E-state index contributed by atoms with van der Waals surface area (Å²) in [4.78, 5) is 11.4. The van der Waals surface area contributed by atoms with Crippen LogP contribution in [-0.4, -0.2) is 5.78 Å². The molecule has 3 nitrogen and oxygen atoms in total. The summed E-state index contributed by atoms with van der Waals surface area (Å²) in [5.41, 5.74) is 8.31. The van der Waals surface area contributed by atoms with E-state index in [1.165, 1.54) is 6.92 Å². The summed E-state index contributed by atoms with van der Waals surface area (Å²) >= 11 is 11.9. The van der Waals surface area contributed by atoms with Gasteiger partial charge in [0.1, 0.15) is 0 Å². The van der Waals surface area contributed by atoms with Gasteiger partial charge in [-0.05, 0) is 43.3 Å². The summed E-state index contributed by atoms with van der Waals surface area (Å²) < 4.78 is 0. The second-order valence-corrected chi connectivity index (χ2v) is 4.95. The first-order chi connectivity index (χ1) is 8.97. The molecule has 0 aliphatic rings. The summed E-state index contributed by atoms with van der Waals surface area (Å²) in [5, 5.41) is 4.14. The number of hydrogen-bond donors (Lipinski definition) is 2. The van der Waals surface area contributed by atoms with Gasteiger partial charge in [-0.2, -0.15) is 0 Å². The van der Waals surface area contributed by atoms with Crippen LogP contribution >= 0.6 is 23.2 Å². The van der Waals surface area contributed by atoms with Gasteiger partial charge >= 0.3 is 0 Å². The molecule has 0 radical (unpaired) electrons. The Balaban J connectivity index is 2.37. The summed E-state index contributed by atoms with van der Waals surface area (Å²) in [6.07, 6.45) is 0. The zero-order valence-electron chi connectivity index (χ0n) is 10.2. The lowest BCUT2D eigenvalue weighted by Crippen LogP contribution is -2.00. The van der Waals surface area contributed by atoms with Gasteiger partial charge in [0.2, 0.25) is 0 Å². The molecule has 0 bridgehead atoms. The van der Waals surface area contributed by atoms with Crippen LogP contribution in [0.3, 0.4) is 0 Å². The van der Waals surface area contributed by atoms with Gasteiger partial charge in [0.15, 0.2) is 5.78 Å². The first-order valence-corrected chi connectivity index (χ1v) is 6.35. The number of nitrogens with two attached hydrogens (primary N) is 1. The molecule has 2 rings (SSSR count). The Morgan fingerprint density at radius 3 is 2.47 bits per heavy atom. The van der Waals surface area contributed by atoms with Crippen molar-refractivity contribution >= 4 is 46.0 Å². The minimum Gasteiger partial charge on any atom is -0.397 e. The molecule has 0 saturated heterocycles. The van der Waals surface area contributed by atoms with Gasteiger partial charge in [-0.15, -0.1) is 0 Å². The predicted octanol–water partition coefficient (Wildman–Crippen LogP) is 4.52. The number of hydrogen-bond acceptors (Lipinski definition) is 3. The molecule has 3 N–H and O–H groups in total. The van der Waals surface area contributed by atoms with Gasteiger partial charge < -0.3 is 11.1 Å². The molecule has 2 aromatic rings. The largest absolute Gasteiger partial charge is 0.397 e. The minimum absolute atomic E-state index is 0.0229. The Morgan fingerprint density at radius 2 is 1.84 bits per heavy atom. The maximum Gasteiger partial charge on any atom is 0.159 e. The number of Topliss-reactive ketones (excluding diaryl/α,β-unsaturated/α-hetero) is 1. The van der Waals surface area contributed by atoms with Gasteiger partial charge in [-0.1, -0.05) is 23.2 Å². The van der Waals surface area contributed by atoms with Crippen LogP contribution in [0.1, 0.15) is 17.3 Å². The first kappa shape index (κ1) is 13.7. The third kappa shape index (κ3) is 3.19. The number of ketones is 1. The fourth-order valence-corrected chi connectivity index (χ4v) is 2.08. The highest BCUT2D eigenvalue weighted by Crippen LogP contribution is 2.31. The number of carbonyl (C=O) groups excluding carboxylic acids is 1. The van der Waals surface area contributed by atoms with Crippen molar-refractivity contribution in [2.45, 2.75) is 6.92 Å². The Morgan fingerprint density at radius 1 is 1.11 bits per heavy atom. The van der Waals surface area contributed by atoms with E-state index in [0.29, 0.717) is 32.7 Å². The highest BCUT2D eigenvalue weighted by Gasteiger charge is 2.07. The van der Waals surface area contributed by atoms with Crippen LogP contribution in [0.2, 0.25) is 10.0 Å². The molecule has 0 saturated carbocycles. The van der Waals surface area contributed by atoms with Crippen LogP contribution in [-0.2, 0) is 0 Å². The monoisotopic (exact) mass is 294 g/mol. The highest BCUT2D eigenvalue weighted by molar-refractivity contribution is 6.36. The molecule has 0 atom stereocenters. The normalized spacial score (nSPS) is 10.3. The highest BCUT2D eigenvalue weighted by atomic mass is 35.5. The Bertz CT molecular complexity index is 641. The van der Waals surface area contributed by atoms with E-state index in [2.05, 4.69) is 5.32 Å². The van der Waals surface area contributed by atoms with Gasteiger partial charge in [-0.25, -0.2) is 0 Å². The minimum atomic E-state index is -0.0229. The van der Waals surface area contributed by atoms with E-state index in [1.54, 1.807) is 36.4 Å². The lowest BCUT2D eigenvalue weighted by Gasteiger charge is -2.12. The zero-order valence-corrected chi connectivity index (χ0v) is 11.7. The standard InChI is InChI=1S/C14H12Cl2N2O/c1-8(19)9-2-4-12(17)14(6-9)18-13-5-3-10(15)7-11(13)16/h2-7,18H,17H2,1H3. The average Bonchev–Trinajstić information content (AvgIpc) is 2.34. The number of rotatable bonds is 3. The molecule has 19 heavy (non-hydrogen) atoms. The molecule has 2 aromatic carbocycles. The van der Waals surface area contributed by atoms with E-state index in [-0.39, 0.29) is 5.78 Å². The number of nitrogens with one attached hydrogen (secondary N) is 1. The quantitative estimate of drug-likeness (QED) is 0.646. The third-order valence-corrected chi connectivity index (χ3v) is 3.21. The van der Waals surface area contributed by atoms with E-state index >= 15 is 0 Å². The van der Waals surface area contributed by atoms with Gasteiger partial charge in [-0.3, -0.25) is 4.79 Å². The van der Waals surface area contributed by atoms with E-state index < -0.39 is 0 Å². The molecule has 0 fully saturated rings. The van der Waals surface area contributed by atoms with Crippen LogP contribution in [0.4, 0.5) is 17.1 Å². The first-order valence-electron chi connectivity index (χ1n) is 5.60. The van der Waals surface area contributed by atoms with Gasteiger partial charge in [0, 0.05) is 10.6 Å². The molecule has 0 spiro atoms. The lowest BCUT2D eigenvalue weighted by molar-refractivity contribution is 0.101. The molecule has 0 aliphatic carbocycles. The fourth-order valence-electron chi connectivity index (χ4n) is 1.62. The smallest absolute Gasteiger partial charge is 0.159 e. The molecule has 0 aromatic heterocycles. The van der Waals surface area contributed by atoms with Crippen molar-refractivity contribution in [2.24, 2.45) is 0 Å². The molecular weight excluding hydrogens is 283 g/mol. The molecule has 0 aliphatic heterocycles. The Kier molecular flexibility index (Phi) is 3.98. The number of carbonyl (C=O) groups is 1. The summed E-state index contributed by atoms with van der Waals surface area (Å²) in [6, 6.07) is 10.2. The topological polar surface area (TPSA) is 55.1 Å². The summed E-state index contributed by atoms with van der Waals surface area (Å²) in [6.45, 7) is 1.50. The van der Waals surface area contributed by atoms with Crippen LogP contribution in [0.15, 0.2) is 36.4 Å². The maximum absolute atomic E-state index is 11.4. The van der Waals surface area contributed by atoms with E-state index in [0.717, 1.165) is 0 Å². The predicted molar refractivity (Wildman–Crippen MR) is 80.6 cm³/mol. The van der Waals surface area contributed by atoms with E-state index in [1.807, 2.05) is 0 Å². The fraction of sp³-hybridized carbons (Fsp3) is 0.0714. The second kappa shape index (κ2) is 5.51. The van der Waals surface area contributed by atoms with Crippen LogP contribution in [0.5, 0.6) is 0 Å². The molecule has 98 valence electrons. The SMILES string of the molecule is CC(=O)c1ccc(N)c(Nc2ccc(Cl)cc2Cl)c1. The van der Waals surface area contributed by atoms with Crippen molar-refractivity contribution in [2.75, 3.05) is 11.1 Å². The van der Waals surface area contributed by atoms with Gasteiger partial charge in [0.05, 0.1) is 22.1 Å². The molecule has 0 heterocycles. The van der Waals surface area contributed by atoms with Gasteiger partial charge in [0.25, 0.3) is 0 Å². The van der Waals surface area contributed by atoms with Crippen molar-refractivity contribution in [3.8, 4) is 0 Å². The lowest BCUT2D eigenvalue weighted by atomic mass is 10.1. The van der Waals surface area contributed by atoms with Crippen molar-refractivity contribution in [3.63, 3.8) is 0 Å². The number of benzene rings is 2. The summed E-state index contributed by atoms with van der Waals surface area (Å²) in [7, 11) is 0. The average molecular weight is 295 g/mol. The maximum atomic E-state index is 11.4. The number of nitrogen functional groups attached to an aromatic ring is 1. The van der Waals surface area contributed by atoms with Crippen molar-refractivity contribution in [1.82, 2.24) is 0 Å². The van der Waals surface area contributed by atoms with E-state index in [4.69, 9.17) is 28.9 Å². The second-order valence-electron chi connectivity index (χ2n) is 4.11. The van der Waals surface area contributed by atoms with Crippen LogP contribution in [0.25, 0.3) is 0 Å². The number of anilines is 3. The van der Waals surface area contributed by atoms with Crippen LogP contribution in [0, 0.1) is 0 Å². The van der Waals surface area contributed by atoms with Crippen LogP contribution < -0.4 is 11.1 Å². The zero-order chi connectivity index (χ0) is 14.0. The molecular formula is C14H12Cl2N2O. The third-order valence-electron chi connectivity index (χ3n) is 2.66.